The van der Waals surface area contributed by atoms with Crippen LogP contribution in [-0.4, -0.2) is 48.3 Å². The lowest BCUT2D eigenvalue weighted by atomic mass is 10.1. The number of aromatic nitrogens is 2. The molecule has 0 bridgehead atoms. The van der Waals surface area contributed by atoms with E-state index >= 15 is 0 Å². The number of thiophene rings is 1. The van der Waals surface area contributed by atoms with Crippen molar-refractivity contribution in [3.8, 4) is 22.5 Å². The molecule has 2 amide bonds. The number of nitrogens with zero attached hydrogens (tertiary/aromatic N) is 2. The molecule has 0 fully saturated rings. The summed E-state index contributed by atoms with van der Waals surface area (Å²) in [7, 11) is 3.97. The maximum atomic E-state index is 11.9. The van der Waals surface area contributed by atoms with Crippen molar-refractivity contribution in [3.63, 3.8) is 0 Å². The first-order valence-electron chi connectivity index (χ1n) is 9.00. The second-order valence-electron chi connectivity index (χ2n) is 7.02. The van der Waals surface area contributed by atoms with Gasteiger partial charge in [0.05, 0.1) is 11.4 Å². The summed E-state index contributed by atoms with van der Waals surface area (Å²) in [5.74, 6) is 0. The third-order valence-corrected chi connectivity index (χ3v) is 5.45. The number of rotatable bonds is 6. The number of likely N-dealkylation sites (N-methyl/N-ethyl adjacent to an activating group) is 1. The SMILES string of the molecule is CN(C)CCNC(=O)NCc1ccc2c(c1)-c1[nH]nc(-c3ccsc3)c1C2. The highest BCUT2D eigenvalue weighted by Gasteiger charge is 2.25. The maximum absolute atomic E-state index is 11.9. The first-order valence-corrected chi connectivity index (χ1v) is 9.94. The van der Waals surface area contributed by atoms with E-state index < -0.39 is 0 Å². The van der Waals surface area contributed by atoms with Gasteiger partial charge in [-0.1, -0.05) is 12.1 Å². The molecular weight excluding hydrogens is 358 g/mol. The molecule has 140 valence electrons. The summed E-state index contributed by atoms with van der Waals surface area (Å²) in [6.45, 7) is 1.95. The molecule has 2 aromatic heterocycles. The van der Waals surface area contributed by atoms with Crippen LogP contribution in [0.5, 0.6) is 0 Å². The van der Waals surface area contributed by atoms with Crippen LogP contribution in [0.1, 0.15) is 16.7 Å². The van der Waals surface area contributed by atoms with E-state index in [0.29, 0.717) is 13.1 Å². The van der Waals surface area contributed by atoms with Crippen LogP contribution >= 0.6 is 11.3 Å². The van der Waals surface area contributed by atoms with Crippen LogP contribution < -0.4 is 10.6 Å². The summed E-state index contributed by atoms with van der Waals surface area (Å²) >= 11 is 1.68. The number of carbonyl (C=O) groups is 1. The van der Waals surface area contributed by atoms with Crippen LogP contribution in [0.2, 0.25) is 0 Å². The highest BCUT2D eigenvalue weighted by atomic mass is 32.1. The first kappa shape index (κ1) is 17.8. The van der Waals surface area contributed by atoms with Crippen LogP contribution in [0.25, 0.3) is 22.5 Å². The number of benzene rings is 1. The number of nitrogens with one attached hydrogen (secondary N) is 3. The lowest BCUT2D eigenvalue weighted by Crippen LogP contribution is -2.38. The van der Waals surface area contributed by atoms with Crippen molar-refractivity contribution < 1.29 is 4.79 Å². The summed E-state index contributed by atoms with van der Waals surface area (Å²) in [4.78, 5) is 13.9. The molecule has 0 unspecified atom stereocenters. The van der Waals surface area contributed by atoms with Gasteiger partial charge in [0.15, 0.2) is 0 Å². The molecule has 4 rings (SSSR count). The van der Waals surface area contributed by atoms with E-state index in [2.05, 4.69) is 55.9 Å². The summed E-state index contributed by atoms with van der Waals surface area (Å²) < 4.78 is 0. The molecule has 0 radical (unpaired) electrons. The lowest BCUT2D eigenvalue weighted by Gasteiger charge is -2.11. The van der Waals surface area contributed by atoms with Crippen LogP contribution in [0.3, 0.4) is 0 Å². The van der Waals surface area contributed by atoms with Gasteiger partial charge in [-0.05, 0) is 42.7 Å². The van der Waals surface area contributed by atoms with Gasteiger partial charge in [0.2, 0.25) is 0 Å². The highest BCUT2D eigenvalue weighted by molar-refractivity contribution is 7.08. The van der Waals surface area contributed by atoms with Gasteiger partial charge in [0, 0.05) is 48.1 Å². The fraction of sp³-hybridized carbons (Fsp3) is 0.300. The topological polar surface area (TPSA) is 73.1 Å². The van der Waals surface area contributed by atoms with E-state index in [1.165, 1.54) is 22.3 Å². The van der Waals surface area contributed by atoms with E-state index in [0.717, 1.165) is 29.9 Å². The fourth-order valence-corrected chi connectivity index (χ4v) is 3.99. The number of carbonyl (C=O) groups excluding carboxylic acids is 1. The monoisotopic (exact) mass is 381 g/mol. The molecule has 3 N–H and O–H groups in total. The second kappa shape index (κ2) is 7.54. The molecule has 7 heteroatoms. The van der Waals surface area contributed by atoms with Crippen molar-refractivity contribution >= 4 is 17.4 Å². The van der Waals surface area contributed by atoms with Crippen molar-refractivity contribution in [1.29, 1.82) is 0 Å². The van der Waals surface area contributed by atoms with Crippen LogP contribution in [0.4, 0.5) is 4.79 Å². The zero-order valence-corrected chi connectivity index (χ0v) is 16.3. The van der Waals surface area contributed by atoms with Gasteiger partial charge in [-0.2, -0.15) is 16.4 Å². The largest absolute Gasteiger partial charge is 0.337 e. The van der Waals surface area contributed by atoms with Gasteiger partial charge in [-0.25, -0.2) is 4.79 Å². The Labute approximate surface area is 162 Å². The Morgan fingerprint density at radius 3 is 2.96 bits per heavy atom. The molecule has 27 heavy (non-hydrogen) atoms. The summed E-state index contributed by atoms with van der Waals surface area (Å²) in [6, 6.07) is 8.36. The minimum atomic E-state index is -0.140. The molecule has 2 heterocycles. The number of aromatic amines is 1. The van der Waals surface area contributed by atoms with E-state index in [4.69, 9.17) is 0 Å². The number of amides is 2. The fourth-order valence-electron chi connectivity index (χ4n) is 3.35. The average molecular weight is 382 g/mol. The Hall–Kier alpha value is -2.64. The van der Waals surface area contributed by atoms with Gasteiger partial charge in [-0.15, -0.1) is 0 Å². The number of hydrogen-bond acceptors (Lipinski definition) is 4. The molecular formula is C20H23N5OS. The van der Waals surface area contributed by atoms with Gasteiger partial charge in [0.1, 0.15) is 0 Å². The molecule has 0 aliphatic heterocycles. The summed E-state index contributed by atoms with van der Waals surface area (Å²) in [5, 5.41) is 17.7. The quantitative estimate of drug-likeness (QED) is 0.481. The Morgan fingerprint density at radius 2 is 2.19 bits per heavy atom. The van der Waals surface area contributed by atoms with E-state index in [9.17, 15) is 4.79 Å². The predicted molar refractivity (Wildman–Crippen MR) is 109 cm³/mol. The molecule has 0 saturated carbocycles. The standard InChI is InChI=1S/C20H23N5OS/c1-25(2)7-6-21-20(26)22-11-13-3-4-14-10-17-18(15-5-8-27-12-15)23-24-19(17)16(14)9-13/h3-5,8-9,12H,6-7,10-11H2,1-2H3,(H,23,24)(H2,21,22,26). The molecule has 0 saturated heterocycles. The Bertz CT molecular complexity index is 945. The van der Waals surface area contributed by atoms with Gasteiger partial charge >= 0.3 is 6.03 Å². The second-order valence-corrected chi connectivity index (χ2v) is 7.80. The van der Waals surface area contributed by atoms with Crippen molar-refractivity contribution in [3.05, 3.63) is 51.7 Å². The first-order chi connectivity index (χ1) is 13.1. The normalized spacial score (nSPS) is 12.1. The minimum absolute atomic E-state index is 0.140. The smallest absolute Gasteiger partial charge is 0.315 e. The van der Waals surface area contributed by atoms with Crippen molar-refractivity contribution in [2.75, 3.05) is 27.2 Å². The van der Waals surface area contributed by atoms with E-state index in [-0.39, 0.29) is 6.03 Å². The van der Waals surface area contributed by atoms with E-state index in [1.54, 1.807) is 11.3 Å². The summed E-state index contributed by atoms with van der Waals surface area (Å²) in [6.07, 6.45) is 0.894. The number of urea groups is 1. The lowest BCUT2D eigenvalue weighted by molar-refractivity contribution is 0.239. The summed E-state index contributed by atoms with van der Waals surface area (Å²) in [5.41, 5.74) is 8.14. The van der Waals surface area contributed by atoms with E-state index in [1.807, 2.05) is 19.0 Å². The third-order valence-electron chi connectivity index (χ3n) is 4.77. The third kappa shape index (κ3) is 3.74. The number of fused-ring (bicyclic) bond motifs is 3. The molecule has 1 aliphatic carbocycles. The van der Waals surface area contributed by atoms with Crippen LogP contribution in [0.15, 0.2) is 35.0 Å². The van der Waals surface area contributed by atoms with Crippen LogP contribution in [0, 0.1) is 0 Å². The molecule has 0 spiro atoms. The number of H-pyrrole nitrogens is 1. The molecule has 0 atom stereocenters. The maximum Gasteiger partial charge on any atom is 0.315 e. The molecule has 6 nitrogen and oxygen atoms in total. The Kier molecular flexibility index (Phi) is 4.96. The molecule has 3 aromatic rings. The van der Waals surface area contributed by atoms with Crippen molar-refractivity contribution in [2.24, 2.45) is 0 Å². The minimum Gasteiger partial charge on any atom is -0.337 e. The zero-order valence-electron chi connectivity index (χ0n) is 15.5. The van der Waals surface area contributed by atoms with Gasteiger partial charge in [0.25, 0.3) is 0 Å². The zero-order chi connectivity index (χ0) is 18.8. The number of hydrogen-bond donors (Lipinski definition) is 3. The van der Waals surface area contributed by atoms with Gasteiger partial charge < -0.3 is 15.5 Å². The Balaban J connectivity index is 1.44. The van der Waals surface area contributed by atoms with Gasteiger partial charge in [-0.3, -0.25) is 5.10 Å². The molecule has 1 aromatic carbocycles. The predicted octanol–water partition coefficient (Wildman–Crippen LogP) is 3.07. The Morgan fingerprint density at radius 1 is 1.30 bits per heavy atom. The van der Waals surface area contributed by atoms with Crippen molar-refractivity contribution in [1.82, 2.24) is 25.7 Å². The highest BCUT2D eigenvalue weighted by Crippen LogP contribution is 2.40. The van der Waals surface area contributed by atoms with Crippen molar-refractivity contribution in [2.45, 2.75) is 13.0 Å². The molecule has 1 aliphatic rings. The van der Waals surface area contributed by atoms with Crippen LogP contribution in [-0.2, 0) is 13.0 Å². The average Bonchev–Trinajstić information content (AvgIpc) is 3.35.